The number of aliphatic hydroxyl groups excluding tert-OH is 2. The number of hydrogen-bond acceptors (Lipinski definition) is 6. The molecule has 170 valence electrons. The van der Waals surface area contributed by atoms with Crippen LogP contribution in [-0.4, -0.2) is 55.7 Å². The first kappa shape index (κ1) is 22.4. The maximum absolute atomic E-state index is 10.0. The van der Waals surface area contributed by atoms with Crippen molar-refractivity contribution >= 4 is 22.1 Å². The summed E-state index contributed by atoms with van der Waals surface area (Å²) in [6.45, 7) is 6.62. The molecule has 2 aromatic carbocycles. The van der Waals surface area contributed by atoms with Crippen LogP contribution in [0, 0.1) is 0 Å². The highest BCUT2D eigenvalue weighted by atomic mass is 16.5. The van der Waals surface area contributed by atoms with E-state index < -0.39 is 12.2 Å². The second-order valence-corrected chi connectivity index (χ2v) is 7.80. The summed E-state index contributed by atoms with van der Waals surface area (Å²) in [6.07, 6.45) is -1.28. The Morgan fingerprint density at radius 1 is 0.688 bits per heavy atom. The molecule has 0 saturated heterocycles. The first-order chi connectivity index (χ1) is 15.6. The molecule has 0 spiro atoms. The highest BCUT2D eigenvalue weighted by molar-refractivity contribution is 5.76. The van der Waals surface area contributed by atoms with Gasteiger partial charge < -0.3 is 28.8 Å². The summed E-state index contributed by atoms with van der Waals surface area (Å²) in [4.78, 5) is 9.05. The van der Waals surface area contributed by atoms with Crippen LogP contribution in [0.25, 0.3) is 22.1 Å². The molecule has 0 bridgehead atoms. The Morgan fingerprint density at radius 2 is 1.09 bits per heavy atom. The Morgan fingerprint density at radius 3 is 1.50 bits per heavy atom. The van der Waals surface area contributed by atoms with Crippen molar-refractivity contribution in [3.05, 3.63) is 60.2 Å². The Hall–Kier alpha value is -2.78. The summed E-state index contributed by atoms with van der Waals surface area (Å²) in [5, 5.41) is 20.1. The second-order valence-electron chi connectivity index (χ2n) is 7.80. The highest BCUT2D eigenvalue weighted by Crippen LogP contribution is 2.21. The third-order valence-electron chi connectivity index (χ3n) is 5.41. The molecule has 0 fully saturated rings. The van der Waals surface area contributed by atoms with Gasteiger partial charge in [-0.25, -0.2) is 9.97 Å². The number of nitrogens with zero attached hydrogens (tertiary/aromatic N) is 4. The lowest BCUT2D eigenvalue weighted by Crippen LogP contribution is -2.15. The van der Waals surface area contributed by atoms with Crippen molar-refractivity contribution in [1.82, 2.24) is 19.1 Å². The van der Waals surface area contributed by atoms with Gasteiger partial charge in [-0.2, -0.15) is 0 Å². The zero-order valence-corrected chi connectivity index (χ0v) is 18.5. The van der Waals surface area contributed by atoms with Gasteiger partial charge in [0.1, 0.15) is 23.9 Å². The molecule has 2 heterocycles. The number of aromatic nitrogens is 4. The monoisotopic (exact) mass is 438 g/mol. The highest BCUT2D eigenvalue weighted by Gasteiger charge is 2.15. The third kappa shape index (κ3) is 4.83. The summed E-state index contributed by atoms with van der Waals surface area (Å²) in [6, 6.07) is 15.7. The number of rotatable bonds is 11. The molecule has 4 rings (SSSR count). The standard InChI is InChI=1S/C24H30N4O4/c1-17(29)23-25-19-7-3-5-9-21(19)27(23)11-13-31-15-16-32-14-12-28-22-10-6-4-8-20(22)26-24(28)18(2)30/h3-10,17-18,29-30H,11-16H2,1-2H3. The molecule has 0 aliphatic heterocycles. The van der Waals surface area contributed by atoms with Crippen LogP contribution in [0.3, 0.4) is 0 Å². The third-order valence-corrected chi connectivity index (χ3v) is 5.41. The second kappa shape index (κ2) is 10.2. The molecule has 2 N–H and O–H groups in total. The van der Waals surface area contributed by atoms with E-state index in [9.17, 15) is 10.2 Å². The van der Waals surface area contributed by atoms with Crippen LogP contribution < -0.4 is 0 Å². The number of para-hydroxylation sites is 4. The number of aliphatic hydroxyl groups is 2. The van der Waals surface area contributed by atoms with Crippen LogP contribution in [0.2, 0.25) is 0 Å². The van der Waals surface area contributed by atoms with Crippen LogP contribution in [0.1, 0.15) is 37.7 Å². The summed E-state index contributed by atoms with van der Waals surface area (Å²) in [5.74, 6) is 1.29. The molecule has 0 radical (unpaired) electrons. The van der Waals surface area contributed by atoms with Gasteiger partial charge in [0.2, 0.25) is 0 Å². The quantitative estimate of drug-likeness (QED) is 0.349. The van der Waals surface area contributed by atoms with Gasteiger partial charge in [-0.05, 0) is 38.1 Å². The van der Waals surface area contributed by atoms with Crippen molar-refractivity contribution in [2.45, 2.75) is 39.1 Å². The van der Waals surface area contributed by atoms with E-state index >= 15 is 0 Å². The van der Waals surface area contributed by atoms with E-state index in [1.165, 1.54) is 0 Å². The first-order valence-corrected chi connectivity index (χ1v) is 11.0. The van der Waals surface area contributed by atoms with Gasteiger partial charge in [0.25, 0.3) is 0 Å². The SMILES string of the molecule is CC(O)c1nc2ccccc2n1CCOCCOCCn1c(C(C)O)nc2ccccc21. The van der Waals surface area contributed by atoms with Crippen molar-refractivity contribution in [3.63, 3.8) is 0 Å². The van der Waals surface area contributed by atoms with Gasteiger partial charge in [-0.15, -0.1) is 0 Å². The van der Waals surface area contributed by atoms with Crippen molar-refractivity contribution in [2.75, 3.05) is 26.4 Å². The fourth-order valence-electron chi connectivity index (χ4n) is 3.93. The molecule has 0 aliphatic carbocycles. The fraction of sp³-hybridized carbons (Fsp3) is 0.417. The van der Waals surface area contributed by atoms with Crippen LogP contribution in [-0.2, 0) is 22.6 Å². The molecular formula is C24H30N4O4. The molecular weight excluding hydrogens is 408 g/mol. The van der Waals surface area contributed by atoms with Crippen molar-refractivity contribution in [2.24, 2.45) is 0 Å². The number of imidazole rings is 2. The lowest BCUT2D eigenvalue weighted by molar-refractivity contribution is 0.0411. The van der Waals surface area contributed by atoms with E-state index in [2.05, 4.69) is 9.97 Å². The maximum atomic E-state index is 10.0. The van der Waals surface area contributed by atoms with E-state index in [1.54, 1.807) is 13.8 Å². The lowest BCUT2D eigenvalue weighted by atomic mass is 10.3. The number of ether oxygens (including phenoxy) is 2. The van der Waals surface area contributed by atoms with E-state index in [4.69, 9.17) is 9.47 Å². The van der Waals surface area contributed by atoms with Crippen molar-refractivity contribution in [3.8, 4) is 0 Å². The average Bonchev–Trinajstić information content (AvgIpc) is 3.34. The molecule has 0 amide bonds. The normalized spacial score (nSPS) is 13.8. The molecule has 4 aromatic rings. The minimum Gasteiger partial charge on any atom is -0.385 e. The summed E-state index contributed by atoms with van der Waals surface area (Å²) in [5.41, 5.74) is 3.72. The molecule has 2 aromatic heterocycles. The molecule has 32 heavy (non-hydrogen) atoms. The predicted octanol–water partition coefficient (Wildman–Crippen LogP) is 3.23. The van der Waals surface area contributed by atoms with Crippen LogP contribution in [0.5, 0.6) is 0 Å². The van der Waals surface area contributed by atoms with Crippen LogP contribution in [0.4, 0.5) is 0 Å². The Kier molecular flexibility index (Phi) is 7.16. The maximum Gasteiger partial charge on any atom is 0.138 e. The Labute approximate surface area is 187 Å². The zero-order chi connectivity index (χ0) is 22.5. The van der Waals surface area contributed by atoms with E-state index in [1.807, 2.05) is 57.7 Å². The summed E-state index contributed by atoms with van der Waals surface area (Å²) in [7, 11) is 0. The van der Waals surface area contributed by atoms with Gasteiger partial charge in [0.15, 0.2) is 0 Å². The van der Waals surface area contributed by atoms with Crippen molar-refractivity contribution in [1.29, 1.82) is 0 Å². The van der Waals surface area contributed by atoms with Crippen LogP contribution in [0.15, 0.2) is 48.5 Å². The Bertz CT molecular complexity index is 1070. The minimum atomic E-state index is -0.642. The van der Waals surface area contributed by atoms with E-state index in [0.29, 0.717) is 51.2 Å². The lowest BCUT2D eigenvalue weighted by Gasteiger charge is -2.12. The van der Waals surface area contributed by atoms with E-state index in [0.717, 1.165) is 22.1 Å². The zero-order valence-electron chi connectivity index (χ0n) is 18.5. The summed E-state index contributed by atoms with van der Waals surface area (Å²) >= 11 is 0. The van der Waals surface area contributed by atoms with Crippen molar-refractivity contribution < 1.29 is 19.7 Å². The minimum absolute atomic E-state index is 0.477. The Balaban J connectivity index is 1.23. The largest absolute Gasteiger partial charge is 0.385 e. The molecule has 8 heteroatoms. The molecule has 0 aliphatic rings. The molecule has 2 unspecified atom stereocenters. The molecule has 2 atom stereocenters. The molecule has 8 nitrogen and oxygen atoms in total. The number of benzene rings is 2. The topological polar surface area (TPSA) is 94.6 Å². The van der Waals surface area contributed by atoms with Crippen LogP contribution >= 0.6 is 0 Å². The van der Waals surface area contributed by atoms with Gasteiger partial charge in [0, 0.05) is 13.1 Å². The number of fused-ring (bicyclic) bond motifs is 2. The molecule has 0 saturated carbocycles. The van der Waals surface area contributed by atoms with Gasteiger partial charge >= 0.3 is 0 Å². The summed E-state index contributed by atoms with van der Waals surface area (Å²) < 4.78 is 15.5. The van der Waals surface area contributed by atoms with Gasteiger partial charge in [0.05, 0.1) is 48.5 Å². The first-order valence-electron chi connectivity index (χ1n) is 11.0. The number of hydrogen-bond donors (Lipinski definition) is 2. The smallest absolute Gasteiger partial charge is 0.138 e. The average molecular weight is 439 g/mol. The van der Waals surface area contributed by atoms with Gasteiger partial charge in [-0.1, -0.05) is 24.3 Å². The predicted molar refractivity (Wildman–Crippen MR) is 122 cm³/mol. The van der Waals surface area contributed by atoms with E-state index in [-0.39, 0.29) is 0 Å². The van der Waals surface area contributed by atoms with Gasteiger partial charge in [-0.3, -0.25) is 0 Å². The fourth-order valence-corrected chi connectivity index (χ4v) is 3.93.